The molecule has 4 aromatic carbocycles. The van der Waals surface area contributed by atoms with Crippen molar-refractivity contribution in [2.24, 2.45) is 5.16 Å². The number of fused-ring (bicyclic) bond motifs is 3. The number of aryl methyl sites for hydroxylation is 2. The van der Waals surface area contributed by atoms with E-state index < -0.39 is 17.7 Å². The highest BCUT2D eigenvalue weighted by Crippen LogP contribution is 2.32. The molecule has 0 unspecified atom stereocenters. The van der Waals surface area contributed by atoms with E-state index in [9.17, 15) is 19.2 Å². The monoisotopic (exact) mass is 574 g/mol. The molecule has 0 saturated heterocycles. The van der Waals surface area contributed by atoms with E-state index in [0.717, 1.165) is 27.4 Å². The summed E-state index contributed by atoms with van der Waals surface area (Å²) >= 11 is 0. The number of nitrogens with zero attached hydrogens (tertiary/aromatic N) is 2. The van der Waals surface area contributed by atoms with Crippen LogP contribution in [0.2, 0.25) is 0 Å². The van der Waals surface area contributed by atoms with Gasteiger partial charge in [-0.1, -0.05) is 47.6 Å². The topological polar surface area (TPSA) is 104 Å². The molecule has 0 spiro atoms. The summed E-state index contributed by atoms with van der Waals surface area (Å²) in [7, 11) is 1.26. The number of hydrogen-bond donors (Lipinski definition) is 0. The van der Waals surface area contributed by atoms with Crippen molar-refractivity contribution in [2.75, 3.05) is 7.11 Å². The van der Waals surface area contributed by atoms with Crippen LogP contribution in [0.15, 0.2) is 96.2 Å². The van der Waals surface area contributed by atoms with Crippen molar-refractivity contribution in [1.29, 1.82) is 0 Å². The Bertz CT molecular complexity index is 1900. The van der Waals surface area contributed by atoms with Gasteiger partial charge in [-0.25, -0.2) is 4.79 Å². The fraction of sp³-hybridized carbons (Fsp3) is 0.171. The van der Waals surface area contributed by atoms with Gasteiger partial charge in [0.05, 0.1) is 19.1 Å². The van der Waals surface area contributed by atoms with Gasteiger partial charge in [-0.15, -0.1) is 0 Å². The lowest BCUT2D eigenvalue weighted by Crippen LogP contribution is -2.18. The summed E-state index contributed by atoms with van der Waals surface area (Å²) in [6, 6.07) is 26.6. The number of rotatable bonds is 10. The highest BCUT2D eigenvalue weighted by atomic mass is 16.7. The number of oxime groups is 1. The molecule has 0 radical (unpaired) electrons. The molecule has 216 valence electrons. The maximum atomic E-state index is 13.7. The standard InChI is InChI=1S/C35H30N2O6/c1-4-37-30-17-14-24(33(39)26-13-9-8-10-22(26)2)20-27(30)28-21-25(15-18-31(28)37)34(40)29(16-19-32(38)42-3)36-43-35(41)23-11-6-5-7-12-23/h5-15,17-18,20-21H,4,16,19H2,1-3H3/b36-29-. The van der Waals surface area contributed by atoms with Crippen molar-refractivity contribution in [2.45, 2.75) is 33.2 Å². The molecule has 8 nitrogen and oxygen atoms in total. The lowest BCUT2D eigenvalue weighted by Gasteiger charge is -2.07. The van der Waals surface area contributed by atoms with E-state index in [0.29, 0.717) is 23.2 Å². The van der Waals surface area contributed by atoms with Crippen LogP contribution in [0.25, 0.3) is 21.8 Å². The first-order valence-corrected chi connectivity index (χ1v) is 13.9. The van der Waals surface area contributed by atoms with Crippen LogP contribution in [-0.4, -0.2) is 40.9 Å². The number of methoxy groups -OCH3 is 1. The summed E-state index contributed by atoms with van der Waals surface area (Å²) in [5.74, 6) is -1.82. The van der Waals surface area contributed by atoms with E-state index in [1.165, 1.54) is 7.11 Å². The van der Waals surface area contributed by atoms with Gasteiger partial charge in [0.25, 0.3) is 0 Å². The normalized spacial score (nSPS) is 11.5. The minimum Gasteiger partial charge on any atom is -0.469 e. The fourth-order valence-electron chi connectivity index (χ4n) is 5.12. The number of carbonyl (C=O) groups excluding carboxylic acids is 4. The molecule has 0 fully saturated rings. The van der Waals surface area contributed by atoms with Crippen LogP contribution < -0.4 is 0 Å². The Morgan fingerprint density at radius 2 is 1.37 bits per heavy atom. The van der Waals surface area contributed by atoms with Crippen LogP contribution in [0.4, 0.5) is 0 Å². The average Bonchev–Trinajstić information content (AvgIpc) is 3.36. The first kappa shape index (κ1) is 29.1. The molecule has 0 saturated carbocycles. The van der Waals surface area contributed by atoms with Gasteiger partial charge < -0.3 is 14.1 Å². The van der Waals surface area contributed by atoms with Crippen molar-refractivity contribution in [3.63, 3.8) is 0 Å². The molecule has 8 heteroatoms. The van der Waals surface area contributed by atoms with Crippen LogP contribution in [0.1, 0.15) is 62.0 Å². The Morgan fingerprint density at radius 1 is 0.744 bits per heavy atom. The number of aromatic nitrogens is 1. The van der Waals surface area contributed by atoms with Crippen molar-refractivity contribution < 1.29 is 28.8 Å². The van der Waals surface area contributed by atoms with Gasteiger partial charge in [0.15, 0.2) is 5.78 Å². The van der Waals surface area contributed by atoms with Crippen molar-refractivity contribution in [3.05, 3.63) is 119 Å². The van der Waals surface area contributed by atoms with Crippen LogP contribution in [0.5, 0.6) is 0 Å². The average molecular weight is 575 g/mol. The van der Waals surface area contributed by atoms with Crippen LogP contribution in [0.3, 0.4) is 0 Å². The Labute approximate surface area is 248 Å². The van der Waals surface area contributed by atoms with Crippen LogP contribution in [-0.2, 0) is 20.9 Å². The summed E-state index contributed by atoms with van der Waals surface area (Å²) in [5.41, 5.74) is 4.38. The Kier molecular flexibility index (Phi) is 8.57. The molecule has 0 atom stereocenters. The Balaban J connectivity index is 1.55. The van der Waals surface area contributed by atoms with Gasteiger partial charge in [-0.05, 0) is 67.9 Å². The second-order valence-corrected chi connectivity index (χ2v) is 10.0. The molecule has 0 N–H and O–H groups in total. The van der Waals surface area contributed by atoms with E-state index in [4.69, 9.17) is 9.57 Å². The van der Waals surface area contributed by atoms with E-state index >= 15 is 0 Å². The van der Waals surface area contributed by atoms with Crippen LogP contribution in [0, 0.1) is 6.92 Å². The second-order valence-electron chi connectivity index (χ2n) is 10.0. The quantitative estimate of drug-likeness (QED) is 0.0604. The van der Waals surface area contributed by atoms with Gasteiger partial charge in [-0.2, -0.15) is 0 Å². The minimum absolute atomic E-state index is 0.0814. The van der Waals surface area contributed by atoms with Gasteiger partial charge >= 0.3 is 11.9 Å². The highest BCUT2D eigenvalue weighted by molar-refractivity contribution is 6.46. The SMILES string of the molecule is CCn1c2ccc(C(=O)/C(CCC(=O)OC)=N\OC(=O)c3ccccc3)cc2c2cc(C(=O)c3ccccc3C)ccc21. The fourth-order valence-corrected chi connectivity index (χ4v) is 5.12. The molecule has 0 amide bonds. The maximum absolute atomic E-state index is 13.7. The summed E-state index contributed by atoms with van der Waals surface area (Å²) in [4.78, 5) is 56.6. The first-order chi connectivity index (χ1) is 20.8. The van der Waals surface area contributed by atoms with Crippen molar-refractivity contribution >= 4 is 51.0 Å². The van der Waals surface area contributed by atoms with E-state index in [2.05, 4.69) is 9.72 Å². The summed E-state index contributed by atoms with van der Waals surface area (Å²) < 4.78 is 6.85. The van der Waals surface area contributed by atoms with E-state index in [1.807, 2.05) is 62.4 Å². The first-order valence-electron chi connectivity index (χ1n) is 13.9. The van der Waals surface area contributed by atoms with Gasteiger partial charge in [0, 0.05) is 51.5 Å². The number of Topliss-reactive ketones (excluding diaryl/α,β-unsaturated/α-hetero) is 1. The molecule has 0 bridgehead atoms. The molecule has 43 heavy (non-hydrogen) atoms. The third kappa shape index (κ3) is 5.99. The second kappa shape index (κ2) is 12.7. The molecule has 5 aromatic rings. The number of ketones is 2. The maximum Gasteiger partial charge on any atom is 0.365 e. The summed E-state index contributed by atoms with van der Waals surface area (Å²) in [5, 5.41) is 5.50. The zero-order valence-corrected chi connectivity index (χ0v) is 24.1. The van der Waals surface area contributed by atoms with Gasteiger partial charge in [0.1, 0.15) is 5.71 Å². The van der Waals surface area contributed by atoms with Crippen LogP contribution >= 0.6 is 0 Å². The zero-order valence-electron chi connectivity index (χ0n) is 24.1. The number of carbonyl (C=O) groups is 4. The molecule has 5 rings (SSSR count). The molecule has 1 aromatic heterocycles. The minimum atomic E-state index is -0.726. The van der Waals surface area contributed by atoms with Gasteiger partial charge in [0.2, 0.25) is 5.78 Å². The lowest BCUT2D eigenvalue weighted by molar-refractivity contribution is -0.140. The van der Waals surface area contributed by atoms with E-state index in [1.54, 1.807) is 42.5 Å². The van der Waals surface area contributed by atoms with Crippen molar-refractivity contribution in [3.8, 4) is 0 Å². The molecular weight excluding hydrogens is 544 g/mol. The molecular formula is C35H30N2O6. The van der Waals surface area contributed by atoms with Gasteiger partial charge in [-0.3, -0.25) is 14.4 Å². The molecule has 0 aliphatic carbocycles. The van der Waals surface area contributed by atoms with E-state index in [-0.39, 0.29) is 29.9 Å². The third-order valence-electron chi connectivity index (χ3n) is 7.40. The largest absolute Gasteiger partial charge is 0.469 e. The number of esters is 1. The highest BCUT2D eigenvalue weighted by Gasteiger charge is 2.21. The zero-order chi connectivity index (χ0) is 30.5. The smallest absolute Gasteiger partial charge is 0.365 e. The number of benzene rings is 4. The van der Waals surface area contributed by atoms with Crippen molar-refractivity contribution in [1.82, 2.24) is 4.57 Å². The molecule has 0 aliphatic rings. The molecule has 1 heterocycles. The Hall–Kier alpha value is -5.37. The summed E-state index contributed by atoms with van der Waals surface area (Å²) in [6.07, 6.45) is -0.205. The predicted octanol–water partition coefficient (Wildman–Crippen LogP) is 6.70. The Morgan fingerprint density at radius 3 is 2.02 bits per heavy atom. The summed E-state index contributed by atoms with van der Waals surface area (Å²) in [6.45, 7) is 4.62. The third-order valence-corrected chi connectivity index (χ3v) is 7.40. The lowest BCUT2D eigenvalue weighted by atomic mass is 9.97. The predicted molar refractivity (Wildman–Crippen MR) is 165 cm³/mol. The molecule has 0 aliphatic heterocycles. The number of hydrogen-bond acceptors (Lipinski definition) is 7. The number of ether oxygens (including phenoxy) is 1.